The van der Waals surface area contributed by atoms with E-state index in [2.05, 4.69) is 85.8 Å². The molecule has 2 aliphatic heterocycles. The molecular formula is C86H78F14N20O11P2. The van der Waals surface area contributed by atoms with Crippen molar-refractivity contribution >= 4 is 38.4 Å². The fourth-order valence-electron chi connectivity index (χ4n) is 14.5. The van der Waals surface area contributed by atoms with E-state index in [0.29, 0.717) is 109 Å². The Kier molecular flexibility index (Phi) is 29.2. The third kappa shape index (κ3) is 22.8. The van der Waals surface area contributed by atoms with Gasteiger partial charge in [-0.3, -0.25) is 28.1 Å². The first-order valence-electron chi connectivity index (χ1n) is 40.3. The van der Waals surface area contributed by atoms with Crippen LogP contribution < -0.4 is 19.6 Å². The van der Waals surface area contributed by atoms with Gasteiger partial charge in [-0.25, -0.2) is 45.4 Å². The molecule has 47 heteroatoms. The molecule has 2 unspecified atom stereocenters. The number of alkyl halides is 10. The van der Waals surface area contributed by atoms with Gasteiger partial charge in [0, 0.05) is 128 Å². The molecule has 6 aromatic heterocycles. The number of phosphoric ester groups is 2. The van der Waals surface area contributed by atoms with E-state index >= 15 is 17.6 Å². The van der Waals surface area contributed by atoms with Crippen LogP contribution in [0.15, 0.2) is 256 Å². The Balaban J connectivity index is 0.000000212. The fraction of sp³-hybridized carbons (Fsp3) is 0.256. The topological polar surface area (TPSA) is 360 Å². The summed E-state index contributed by atoms with van der Waals surface area (Å²) in [5.74, 6) is -13.2. The quantitative estimate of drug-likeness (QED) is 0.0206. The lowest BCUT2D eigenvalue weighted by Gasteiger charge is -2.37. The Morgan fingerprint density at radius 1 is 0.414 bits per heavy atom. The van der Waals surface area contributed by atoms with Gasteiger partial charge in [0.1, 0.15) is 58.7 Å². The van der Waals surface area contributed by atoms with Crippen molar-refractivity contribution in [3.05, 3.63) is 324 Å². The summed E-state index contributed by atoms with van der Waals surface area (Å²) in [7, 11) is -10.4. The molecule has 133 heavy (non-hydrogen) atoms. The highest BCUT2D eigenvalue weighted by Crippen LogP contribution is 2.58. The lowest BCUT2D eigenvalue weighted by atomic mass is 9.84. The maximum Gasteiger partial charge on any atom is 0.476 e. The number of tetrazole rings is 2. The van der Waals surface area contributed by atoms with Crippen molar-refractivity contribution < 1.29 is 114 Å². The molecule has 5 N–H and O–H groups in total. The van der Waals surface area contributed by atoms with E-state index in [0.717, 1.165) is 103 Å². The average Bonchev–Trinajstić information content (AvgIpc) is 1.43. The first kappa shape index (κ1) is 95.9. The Labute approximate surface area is 746 Å². The highest BCUT2D eigenvalue weighted by Gasteiger charge is 2.60. The van der Waals surface area contributed by atoms with Crippen LogP contribution in [0.2, 0.25) is 0 Å². The largest absolute Gasteiger partial charge is 0.476 e. The monoisotopic (exact) mass is 1890 g/mol. The number of benzene rings is 8. The summed E-state index contributed by atoms with van der Waals surface area (Å²) in [5, 5.41) is 65.8. The smallest absolute Gasteiger partial charge is 0.397 e. The Morgan fingerprint density at radius 2 is 0.737 bits per heavy atom. The molecular weight excluding hydrogens is 1820 g/mol. The molecule has 2 saturated heterocycles. The highest BCUT2D eigenvalue weighted by molar-refractivity contribution is 7.48. The Bertz CT molecular complexity index is 6220. The van der Waals surface area contributed by atoms with Crippen molar-refractivity contribution in [2.45, 2.75) is 80.8 Å². The fourth-order valence-corrected chi connectivity index (χ4v) is 16.3. The van der Waals surface area contributed by atoms with Crippen molar-refractivity contribution in [1.82, 2.24) is 80.4 Å². The zero-order valence-electron chi connectivity index (χ0n) is 69.4. The van der Waals surface area contributed by atoms with Gasteiger partial charge < -0.3 is 44.7 Å². The van der Waals surface area contributed by atoms with Crippen LogP contribution in [0.3, 0.4) is 0 Å². The van der Waals surface area contributed by atoms with Gasteiger partial charge in [-0.15, -0.1) is 20.4 Å². The minimum atomic E-state index is -5.49. The van der Waals surface area contributed by atoms with E-state index in [1.807, 2.05) is 48.5 Å². The van der Waals surface area contributed by atoms with Crippen LogP contribution in [0, 0.1) is 23.3 Å². The van der Waals surface area contributed by atoms with Gasteiger partial charge in [0.05, 0.1) is 50.1 Å². The number of aromatic nitrogens is 16. The molecule has 8 aromatic carbocycles. The van der Waals surface area contributed by atoms with Crippen LogP contribution in [0.5, 0.6) is 0 Å². The molecule has 16 rings (SSSR count). The second-order valence-electron chi connectivity index (χ2n) is 30.1. The summed E-state index contributed by atoms with van der Waals surface area (Å²) < 4.78 is 255. The average molecular weight is 1900 g/mol. The van der Waals surface area contributed by atoms with Gasteiger partial charge >= 0.3 is 39.8 Å². The molecule has 0 radical (unpaired) electrons. The van der Waals surface area contributed by atoms with E-state index < -0.39 is 134 Å². The molecule has 14 aromatic rings. The van der Waals surface area contributed by atoms with E-state index in [-0.39, 0.29) is 19.8 Å². The number of aliphatic hydroxyl groups excluding tert-OH is 1. The molecule has 0 bridgehead atoms. The summed E-state index contributed by atoms with van der Waals surface area (Å²) in [5.41, 5.74) is -3.94. The number of pyridine rings is 2. The van der Waals surface area contributed by atoms with Gasteiger partial charge in [-0.2, -0.15) is 43.9 Å². The molecule has 0 spiro atoms. The number of piperazine rings is 2. The summed E-state index contributed by atoms with van der Waals surface area (Å²) in [6.45, 7) is 4.27. The zero-order chi connectivity index (χ0) is 94.7. The number of rotatable bonds is 30. The van der Waals surface area contributed by atoms with Gasteiger partial charge in [-0.05, 0) is 159 Å². The number of halogens is 14. The number of phosphoric acid groups is 2. The SMILES string of the molecule is CCO.O=P(O)(O)OC(c1cn(-c2ccc(N3CCN(c4ccc(-c5ccc(C(F)(F)[C@](O)(Cn6cnnn6)c6ccc(F)cc6F)nc5)cc4)CC3)cc2)nn1)C(F)(F)F.O=P(OCc1ccccc1)(OCc1ccccc1)OC(c1cn(-c2ccc(N3CCN(c4ccc(-c5ccc(C(F)(F)[C@](O)(Cn6cnnn6)c6ccc(F)cc6F)nc5)cc4)CC3)cc2)nn1)C(F)(F)F. The minimum absolute atomic E-state index is 0.250. The van der Waals surface area contributed by atoms with E-state index in [1.54, 1.807) is 116 Å². The predicted molar refractivity (Wildman–Crippen MR) is 449 cm³/mol. The standard InChI is InChI=1S/C49H42F7N10O5P.C35H30F7N10O5P.C2H6O/c50-38-14-21-42(43(51)27-38)47(67,32-65-33-58-60-62-65)48(52,53)45-22-13-37(28-57-45)36-11-15-39(16-12-36)63-23-25-64(26-24-63)40-17-19-41(20-18-40)66-29-44(59-61-66)46(49(54,55)56)71-72(68,69-30-34-7-3-1-4-8-34)70-31-35-9-5-2-6-10-35;36-24-4-11-28(29(37)17-24)33(53,20-51-21-44-46-48-51)34(38,39)31-12-3-23(18-43-31)22-1-5-25(6-2-22)49-13-15-50(16-14-49)26-7-9-27(10-8-26)52-19-30(45-47-52)32(35(40,41)42)57-58(54,55)56;1-2-3/h1-22,27-29,33,46,67H,23-26,30-32H2;1-12,17-19,21,32,53H,13-16,20H2,(H2,54,55,56);3H,2H2,1H3/t46?,47-;32?,33-;/m00./s1. The molecule has 696 valence electrons. The number of nitrogens with zero attached hydrogens (tertiary/aromatic N) is 20. The van der Waals surface area contributed by atoms with Crippen molar-refractivity contribution in [3.8, 4) is 33.6 Å². The molecule has 0 amide bonds. The van der Waals surface area contributed by atoms with Gasteiger partial charge in [0.15, 0.2) is 11.2 Å². The Hall–Kier alpha value is -13.2. The maximum absolute atomic E-state index is 16.3. The number of anilines is 4. The van der Waals surface area contributed by atoms with Gasteiger partial charge in [0.25, 0.3) is 0 Å². The lowest BCUT2D eigenvalue weighted by molar-refractivity contribution is -0.207. The molecule has 4 atom stereocenters. The maximum atomic E-state index is 16.3. The Morgan fingerprint density at radius 3 is 1.04 bits per heavy atom. The normalized spacial score (nSPS) is 15.0. The van der Waals surface area contributed by atoms with Crippen LogP contribution in [0.4, 0.5) is 84.2 Å². The van der Waals surface area contributed by atoms with Crippen LogP contribution in [-0.2, 0) is 76.6 Å². The van der Waals surface area contributed by atoms with Crippen LogP contribution >= 0.6 is 15.6 Å². The molecule has 8 heterocycles. The van der Waals surface area contributed by atoms with Crippen LogP contribution in [0.1, 0.15) is 64.2 Å². The summed E-state index contributed by atoms with van der Waals surface area (Å²) >= 11 is 0. The van der Waals surface area contributed by atoms with Gasteiger partial charge in [0.2, 0.25) is 12.2 Å². The number of hydrogen-bond acceptors (Lipinski definition) is 25. The first-order chi connectivity index (χ1) is 63.4. The summed E-state index contributed by atoms with van der Waals surface area (Å²) in [4.78, 5) is 34.3. The summed E-state index contributed by atoms with van der Waals surface area (Å²) in [6.07, 6.45) is -9.76. The highest BCUT2D eigenvalue weighted by atomic mass is 31.2. The van der Waals surface area contributed by atoms with E-state index in [4.69, 9.17) is 28.5 Å². The van der Waals surface area contributed by atoms with Crippen molar-refractivity contribution in [2.75, 3.05) is 78.6 Å². The van der Waals surface area contributed by atoms with Crippen molar-refractivity contribution in [2.24, 2.45) is 0 Å². The molecule has 0 saturated carbocycles. The lowest BCUT2D eigenvalue weighted by Crippen LogP contribution is -2.48. The van der Waals surface area contributed by atoms with Crippen LogP contribution in [0.25, 0.3) is 33.6 Å². The molecule has 0 aliphatic carbocycles. The number of hydrogen-bond donors (Lipinski definition) is 5. The van der Waals surface area contributed by atoms with E-state index in [1.165, 1.54) is 24.5 Å². The second-order valence-corrected chi connectivity index (χ2v) is 32.9. The third-order valence-electron chi connectivity index (χ3n) is 21.3. The van der Waals surface area contributed by atoms with Gasteiger partial charge in [-0.1, -0.05) is 107 Å². The molecule has 31 nitrogen and oxygen atoms in total. The molecule has 2 fully saturated rings. The first-order valence-corrected chi connectivity index (χ1v) is 43.2. The van der Waals surface area contributed by atoms with Crippen molar-refractivity contribution in [1.29, 1.82) is 0 Å². The second kappa shape index (κ2) is 40.5. The number of aliphatic hydroxyl groups is 3. The van der Waals surface area contributed by atoms with E-state index in [9.17, 15) is 63.2 Å². The van der Waals surface area contributed by atoms with Crippen molar-refractivity contribution in [3.63, 3.8) is 0 Å². The predicted octanol–water partition coefficient (Wildman–Crippen LogP) is 15.1. The zero-order valence-corrected chi connectivity index (χ0v) is 71.2. The third-order valence-corrected chi connectivity index (χ3v) is 23.1. The summed E-state index contributed by atoms with van der Waals surface area (Å²) in [6, 6.07) is 53.9. The molecule has 2 aliphatic rings. The minimum Gasteiger partial charge on any atom is -0.397 e. The van der Waals surface area contributed by atoms with Crippen LogP contribution in [-0.4, -0.2) is 177 Å².